The molecule has 4 nitrogen and oxygen atoms in total. The highest BCUT2D eigenvalue weighted by Crippen LogP contribution is 2.41. The van der Waals surface area contributed by atoms with Crippen LogP contribution >= 0.6 is 0 Å². The van der Waals surface area contributed by atoms with Crippen LogP contribution in [0.3, 0.4) is 0 Å². The first-order valence-corrected chi connectivity index (χ1v) is 7.41. The van der Waals surface area contributed by atoms with Crippen molar-refractivity contribution in [3.63, 3.8) is 0 Å². The molecule has 0 saturated heterocycles. The van der Waals surface area contributed by atoms with Crippen LogP contribution in [0.25, 0.3) is 0 Å². The molecule has 3 rings (SSSR count). The van der Waals surface area contributed by atoms with Crippen LogP contribution in [0.5, 0.6) is 0 Å². The maximum atomic E-state index is 12.3. The molecule has 1 aromatic heterocycles. The minimum Gasteiger partial charge on any atom is -0.447 e. The van der Waals surface area contributed by atoms with Crippen molar-refractivity contribution in [1.82, 2.24) is 10.3 Å². The molecule has 0 aromatic carbocycles. The molecule has 19 heavy (non-hydrogen) atoms. The minimum atomic E-state index is -0.0480. The Kier molecular flexibility index (Phi) is 3.33. The number of amides is 1. The molecule has 0 bridgehead atoms. The predicted octanol–water partition coefficient (Wildman–Crippen LogP) is 3.11. The molecule has 0 spiro atoms. The Morgan fingerprint density at radius 1 is 1.37 bits per heavy atom. The van der Waals surface area contributed by atoms with Gasteiger partial charge in [0.15, 0.2) is 12.1 Å². The Bertz CT molecular complexity index is 462. The number of hydrogen-bond acceptors (Lipinski definition) is 3. The van der Waals surface area contributed by atoms with Crippen LogP contribution in [0.15, 0.2) is 10.8 Å². The number of carbonyl (C=O) groups excluding carboxylic acids is 1. The molecule has 4 heteroatoms. The van der Waals surface area contributed by atoms with E-state index in [1.165, 1.54) is 19.2 Å². The Hall–Kier alpha value is -1.32. The Morgan fingerprint density at radius 3 is 2.84 bits per heavy atom. The van der Waals surface area contributed by atoms with Crippen LogP contribution in [0.2, 0.25) is 0 Å². The largest absolute Gasteiger partial charge is 0.447 e. The molecule has 0 aliphatic heterocycles. The zero-order chi connectivity index (χ0) is 13.4. The van der Waals surface area contributed by atoms with Crippen molar-refractivity contribution >= 4 is 5.91 Å². The average molecular weight is 262 g/mol. The first-order valence-electron chi connectivity index (χ1n) is 7.41. The van der Waals surface area contributed by atoms with Gasteiger partial charge in [-0.25, -0.2) is 4.98 Å². The van der Waals surface area contributed by atoms with Gasteiger partial charge in [-0.3, -0.25) is 4.79 Å². The minimum absolute atomic E-state index is 0.0480. The van der Waals surface area contributed by atoms with Crippen LogP contribution in [0, 0.1) is 11.8 Å². The van der Waals surface area contributed by atoms with Gasteiger partial charge in [-0.1, -0.05) is 20.3 Å². The SMILES string of the molecule is CC(C)C1CCCC1NC(=O)c1ncoc1C1CC1. The van der Waals surface area contributed by atoms with Gasteiger partial charge >= 0.3 is 0 Å². The van der Waals surface area contributed by atoms with Gasteiger partial charge in [0.1, 0.15) is 5.76 Å². The highest BCUT2D eigenvalue weighted by molar-refractivity contribution is 5.93. The van der Waals surface area contributed by atoms with E-state index in [1.807, 2.05) is 0 Å². The fraction of sp³-hybridized carbons (Fsp3) is 0.733. The standard InChI is InChI=1S/C15H22N2O2/c1-9(2)11-4-3-5-12(11)17-15(18)13-14(10-6-7-10)19-8-16-13/h8-12H,3-7H2,1-2H3,(H,17,18). The Balaban J connectivity index is 1.69. The van der Waals surface area contributed by atoms with Crippen molar-refractivity contribution < 1.29 is 9.21 Å². The summed E-state index contributed by atoms with van der Waals surface area (Å²) in [6, 6.07) is 0.302. The molecule has 2 atom stereocenters. The smallest absolute Gasteiger partial charge is 0.273 e. The summed E-state index contributed by atoms with van der Waals surface area (Å²) in [6.45, 7) is 4.47. The lowest BCUT2D eigenvalue weighted by Crippen LogP contribution is -2.39. The van der Waals surface area contributed by atoms with Crippen molar-refractivity contribution in [1.29, 1.82) is 0 Å². The topological polar surface area (TPSA) is 55.1 Å². The van der Waals surface area contributed by atoms with Crippen LogP contribution in [0.1, 0.15) is 68.1 Å². The van der Waals surface area contributed by atoms with Crippen molar-refractivity contribution in [3.8, 4) is 0 Å². The first kappa shape index (κ1) is 12.7. The number of hydrogen-bond donors (Lipinski definition) is 1. The fourth-order valence-corrected chi connectivity index (χ4v) is 3.26. The summed E-state index contributed by atoms with van der Waals surface area (Å²) in [6.07, 6.45) is 7.16. The maximum Gasteiger partial charge on any atom is 0.273 e. The Labute approximate surface area is 114 Å². The summed E-state index contributed by atoms with van der Waals surface area (Å²) in [4.78, 5) is 16.5. The van der Waals surface area contributed by atoms with Crippen LogP contribution in [-0.4, -0.2) is 16.9 Å². The van der Waals surface area contributed by atoms with E-state index in [1.54, 1.807) is 0 Å². The lowest BCUT2D eigenvalue weighted by atomic mass is 9.91. The predicted molar refractivity (Wildman–Crippen MR) is 71.9 cm³/mol. The van der Waals surface area contributed by atoms with E-state index >= 15 is 0 Å². The van der Waals surface area contributed by atoms with Gasteiger partial charge < -0.3 is 9.73 Å². The van der Waals surface area contributed by atoms with Gasteiger partial charge in [-0.05, 0) is 37.5 Å². The fourth-order valence-electron chi connectivity index (χ4n) is 3.26. The molecule has 2 aliphatic carbocycles. The molecule has 1 aromatic rings. The molecule has 1 amide bonds. The average Bonchev–Trinajstić information content (AvgIpc) is 2.92. The van der Waals surface area contributed by atoms with E-state index in [9.17, 15) is 4.79 Å². The van der Waals surface area contributed by atoms with E-state index in [-0.39, 0.29) is 5.91 Å². The molecular formula is C15H22N2O2. The van der Waals surface area contributed by atoms with Crippen molar-refractivity contribution in [2.75, 3.05) is 0 Å². The van der Waals surface area contributed by atoms with E-state index in [4.69, 9.17) is 4.42 Å². The highest BCUT2D eigenvalue weighted by Gasteiger charge is 2.35. The number of oxazole rings is 1. The molecule has 1 heterocycles. The summed E-state index contributed by atoms with van der Waals surface area (Å²) in [5.41, 5.74) is 0.511. The summed E-state index contributed by atoms with van der Waals surface area (Å²) >= 11 is 0. The summed E-state index contributed by atoms with van der Waals surface area (Å²) in [5, 5.41) is 3.17. The second-order valence-corrected chi connectivity index (χ2v) is 6.26. The third kappa shape index (κ3) is 2.53. The summed E-state index contributed by atoms with van der Waals surface area (Å²) in [7, 11) is 0. The zero-order valence-electron chi connectivity index (χ0n) is 11.7. The molecule has 2 aliphatic rings. The second-order valence-electron chi connectivity index (χ2n) is 6.26. The molecular weight excluding hydrogens is 240 g/mol. The third-order valence-electron chi connectivity index (χ3n) is 4.50. The van der Waals surface area contributed by atoms with E-state index in [0.717, 1.165) is 25.0 Å². The van der Waals surface area contributed by atoms with Crippen molar-refractivity contribution in [2.24, 2.45) is 11.8 Å². The lowest BCUT2D eigenvalue weighted by Gasteiger charge is -2.23. The van der Waals surface area contributed by atoms with E-state index in [0.29, 0.717) is 29.5 Å². The number of nitrogens with zero attached hydrogens (tertiary/aromatic N) is 1. The van der Waals surface area contributed by atoms with Gasteiger partial charge in [0.2, 0.25) is 0 Å². The van der Waals surface area contributed by atoms with Gasteiger partial charge in [-0.15, -0.1) is 0 Å². The first-order chi connectivity index (χ1) is 9.16. The van der Waals surface area contributed by atoms with Crippen LogP contribution in [-0.2, 0) is 0 Å². The van der Waals surface area contributed by atoms with E-state index in [2.05, 4.69) is 24.1 Å². The van der Waals surface area contributed by atoms with Gasteiger partial charge in [0.25, 0.3) is 5.91 Å². The summed E-state index contributed by atoms with van der Waals surface area (Å²) < 4.78 is 5.38. The van der Waals surface area contributed by atoms with Gasteiger partial charge in [0.05, 0.1) is 0 Å². The number of nitrogens with one attached hydrogen (secondary N) is 1. The van der Waals surface area contributed by atoms with Crippen LogP contribution < -0.4 is 5.32 Å². The Morgan fingerprint density at radius 2 is 2.16 bits per heavy atom. The highest BCUT2D eigenvalue weighted by atomic mass is 16.3. The zero-order valence-corrected chi connectivity index (χ0v) is 11.7. The molecule has 2 unspecified atom stereocenters. The second kappa shape index (κ2) is 4.99. The molecule has 1 N–H and O–H groups in total. The molecule has 2 fully saturated rings. The van der Waals surface area contributed by atoms with Crippen LogP contribution in [0.4, 0.5) is 0 Å². The number of carbonyl (C=O) groups is 1. The monoisotopic (exact) mass is 262 g/mol. The molecule has 2 saturated carbocycles. The van der Waals surface area contributed by atoms with Crippen molar-refractivity contribution in [2.45, 2.75) is 57.9 Å². The quantitative estimate of drug-likeness (QED) is 0.907. The molecule has 104 valence electrons. The van der Waals surface area contributed by atoms with E-state index < -0.39 is 0 Å². The number of rotatable bonds is 4. The normalized spacial score (nSPS) is 26.9. The molecule has 0 radical (unpaired) electrons. The number of aromatic nitrogens is 1. The van der Waals surface area contributed by atoms with Gasteiger partial charge in [0, 0.05) is 12.0 Å². The van der Waals surface area contributed by atoms with Crippen molar-refractivity contribution in [3.05, 3.63) is 17.8 Å². The maximum absolute atomic E-state index is 12.3. The third-order valence-corrected chi connectivity index (χ3v) is 4.50. The lowest BCUT2D eigenvalue weighted by molar-refractivity contribution is 0.0915. The summed E-state index contributed by atoms with van der Waals surface area (Å²) in [5.74, 6) is 2.38. The van der Waals surface area contributed by atoms with Gasteiger partial charge in [-0.2, -0.15) is 0 Å².